The molecule has 1 aliphatic rings. The molecule has 1 aromatic heterocycles. The zero-order valence-corrected chi connectivity index (χ0v) is 9.24. The van der Waals surface area contributed by atoms with Gasteiger partial charge in [0, 0.05) is 31.9 Å². The lowest BCUT2D eigenvalue weighted by Crippen LogP contribution is -2.42. The van der Waals surface area contributed by atoms with E-state index < -0.39 is 0 Å². The summed E-state index contributed by atoms with van der Waals surface area (Å²) in [7, 11) is 0. The highest BCUT2D eigenvalue weighted by Crippen LogP contribution is 2.14. The van der Waals surface area contributed by atoms with Crippen molar-refractivity contribution in [1.29, 1.82) is 0 Å². The van der Waals surface area contributed by atoms with Gasteiger partial charge >= 0.3 is 0 Å². The van der Waals surface area contributed by atoms with E-state index in [2.05, 4.69) is 15.6 Å². The summed E-state index contributed by atoms with van der Waals surface area (Å²) in [6.07, 6.45) is 1.83. The lowest BCUT2D eigenvalue weighted by atomic mass is 10.1. The van der Waals surface area contributed by atoms with E-state index in [1.807, 2.05) is 18.3 Å². The van der Waals surface area contributed by atoms with Crippen LogP contribution in [0.15, 0.2) is 18.3 Å². The Kier molecular flexibility index (Phi) is 4.62. The van der Waals surface area contributed by atoms with Gasteiger partial charge in [0.2, 0.25) is 0 Å². The zero-order valence-electron chi connectivity index (χ0n) is 7.66. The van der Waals surface area contributed by atoms with Crippen molar-refractivity contribution in [3.8, 4) is 0 Å². The van der Waals surface area contributed by atoms with Crippen molar-refractivity contribution in [2.75, 3.05) is 19.6 Å². The normalized spacial score (nSPS) is 21.4. The number of hydrogen-bond donors (Lipinski definition) is 2. The lowest BCUT2D eigenvalue weighted by molar-refractivity contribution is 0.429. The smallest absolute Gasteiger partial charge is 0.129 e. The largest absolute Gasteiger partial charge is 0.314 e. The van der Waals surface area contributed by atoms with Gasteiger partial charge in [-0.1, -0.05) is 17.7 Å². The molecule has 5 heteroatoms. The van der Waals surface area contributed by atoms with Crippen molar-refractivity contribution in [2.24, 2.45) is 0 Å². The summed E-state index contributed by atoms with van der Waals surface area (Å²) < 4.78 is 0. The first kappa shape index (κ1) is 11.7. The van der Waals surface area contributed by atoms with Crippen LogP contribution in [-0.4, -0.2) is 24.6 Å². The van der Waals surface area contributed by atoms with E-state index in [0.717, 1.165) is 19.6 Å². The molecule has 1 aliphatic heterocycles. The van der Waals surface area contributed by atoms with Crippen LogP contribution in [0.3, 0.4) is 0 Å². The molecule has 0 radical (unpaired) electrons. The first-order valence-corrected chi connectivity index (χ1v) is 4.79. The monoisotopic (exact) mass is 233 g/mol. The van der Waals surface area contributed by atoms with Crippen molar-refractivity contribution in [3.05, 3.63) is 29.0 Å². The van der Waals surface area contributed by atoms with E-state index in [1.54, 1.807) is 0 Å². The van der Waals surface area contributed by atoms with Crippen LogP contribution in [-0.2, 0) is 0 Å². The van der Waals surface area contributed by atoms with E-state index in [4.69, 9.17) is 11.6 Å². The summed E-state index contributed by atoms with van der Waals surface area (Å²) in [5.74, 6) is 0. The van der Waals surface area contributed by atoms with E-state index in [1.165, 1.54) is 5.56 Å². The van der Waals surface area contributed by atoms with E-state index in [-0.39, 0.29) is 12.4 Å². The van der Waals surface area contributed by atoms with Crippen molar-refractivity contribution >= 4 is 24.0 Å². The molecule has 0 bridgehead atoms. The van der Waals surface area contributed by atoms with Crippen LogP contribution in [0.1, 0.15) is 11.6 Å². The second-order valence-corrected chi connectivity index (χ2v) is 3.51. The maximum absolute atomic E-state index is 5.70. The molecule has 0 spiro atoms. The van der Waals surface area contributed by atoms with E-state index in [0.29, 0.717) is 11.2 Å². The molecule has 0 unspecified atom stereocenters. The van der Waals surface area contributed by atoms with Gasteiger partial charge in [-0.25, -0.2) is 4.98 Å². The average Bonchev–Trinajstić information content (AvgIpc) is 2.20. The summed E-state index contributed by atoms with van der Waals surface area (Å²) >= 11 is 5.70. The summed E-state index contributed by atoms with van der Waals surface area (Å²) in [4.78, 5) is 4.05. The molecule has 1 atom stereocenters. The van der Waals surface area contributed by atoms with Gasteiger partial charge in [0.25, 0.3) is 0 Å². The highest BCUT2D eigenvalue weighted by atomic mass is 35.5. The van der Waals surface area contributed by atoms with Gasteiger partial charge in [0.15, 0.2) is 0 Å². The Labute approximate surface area is 94.7 Å². The molecule has 0 amide bonds. The summed E-state index contributed by atoms with van der Waals surface area (Å²) in [6, 6.07) is 4.21. The molecule has 3 nitrogen and oxygen atoms in total. The lowest BCUT2D eigenvalue weighted by Gasteiger charge is -2.24. The van der Waals surface area contributed by atoms with Crippen LogP contribution < -0.4 is 10.6 Å². The Morgan fingerprint density at radius 3 is 2.79 bits per heavy atom. The Balaban J connectivity index is 0.000000980. The molecule has 78 valence electrons. The molecule has 1 saturated heterocycles. The highest BCUT2D eigenvalue weighted by molar-refractivity contribution is 6.29. The van der Waals surface area contributed by atoms with Gasteiger partial charge in [0.05, 0.1) is 0 Å². The molecule has 14 heavy (non-hydrogen) atoms. The van der Waals surface area contributed by atoms with Crippen LogP contribution in [0, 0.1) is 0 Å². The summed E-state index contributed by atoms with van der Waals surface area (Å²) in [5.41, 5.74) is 1.19. The molecular weight excluding hydrogens is 221 g/mol. The predicted octanol–water partition coefficient (Wildman–Crippen LogP) is 1.39. The fourth-order valence-corrected chi connectivity index (χ4v) is 1.59. The Morgan fingerprint density at radius 2 is 2.21 bits per heavy atom. The molecule has 2 rings (SSSR count). The Hall–Kier alpha value is -0.350. The molecule has 1 aromatic rings. The second-order valence-electron chi connectivity index (χ2n) is 3.13. The summed E-state index contributed by atoms with van der Waals surface area (Å²) in [6.45, 7) is 3.01. The van der Waals surface area contributed by atoms with Crippen LogP contribution >= 0.6 is 24.0 Å². The van der Waals surface area contributed by atoms with Gasteiger partial charge in [-0.15, -0.1) is 12.4 Å². The third kappa shape index (κ3) is 2.82. The number of nitrogens with zero attached hydrogens (tertiary/aromatic N) is 1. The van der Waals surface area contributed by atoms with Crippen LogP contribution in [0.4, 0.5) is 0 Å². The number of nitrogens with one attached hydrogen (secondary N) is 2. The van der Waals surface area contributed by atoms with Crippen LogP contribution in [0.25, 0.3) is 0 Å². The molecule has 2 heterocycles. The third-order valence-corrected chi connectivity index (χ3v) is 2.42. The number of rotatable bonds is 1. The van der Waals surface area contributed by atoms with Crippen molar-refractivity contribution < 1.29 is 0 Å². The SMILES string of the molecule is Cl.Clc1ccc([C@@H]2CNCCN2)cn1. The first-order valence-electron chi connectivity index (χ1n) is 4.42. The predicted molar refractivity (Wildman–Crippen MR) is 60.1 cm³/mol. The van der Waals surface area contributed by atoms with Gasteiger partial charge in [0.1, 0.15) is 5.15 Å². The first-order chi connectivity index (χ1) is 6.36. The minimum Gasteiger partial charge on any atom is -0.314 e. The highest BCUT2D eigenvalue weighted by Gasteiger charge is 2.13. The fourth-order valence-electron chi connectivity index (χ4n) is 1.48. The second kappa shape index (κ2) is 5.51. The van der Waals surface area contributed by atoms with Crippen LogP contribution in [0.2, 0.25) is 5.15 Å². The van der Waals surface area contributed by atoms with Gasteiger partial charge in [-0.2, -0.15) is 0 Å². The third-order valence-electron chi connectivity index (χ3n) is 2.19. The number of pyridine rings is 1. The maximum Gasteiger partial charge on any atom is 0.129 e. The number of piperazine rings is 1. The minimum absolute atomic E-state index is 0. The quantitative estimate of drug-likeness (QED) is 0.721. The molecule has 0 aliphatic carbocycles. The van der Waals surface area contributed by atoms with Gasteiger partial charge < -0.3 is 10.6 Å². The van der Waals surface area contributed by atoms with Gasteiger partial charge in [-0.3, -0.25) is 0 Å². The molecule has 0 aromatic carbocycles. The van der Waals surface area contributed by atoms with Gasteiger partial charge in [-0.05, 0) is 11.6 Å². The standard InChI is InChI=1S/C9H12ClN3.ClH/c10-9-2-1-7(5-13-9)8-6-11-3-4-12-8;/h1-2,5,8,11-12H,3-4,6H2;1H/t8-;/m0./s1. The topological polar surface area (TPSA) is 37.0 Å². The molecule has 2 N–H and O–H groups in total. The number of aromatic nitrogens is 1. The van der Waals surface area contributed by atoms with E-state index >= 15 is 0 Å². The minimum atomic E-state index is 0. The van der Waals surface area contributed by atoms with Crippen molar-refractivity contribution in [3.63, 3.8) is 0 Å². The molecule has 0 saturated carbocycles. The maximum atomic E-state index is 5.70. The Bertz CT molecular complexity index is 270. The number of hydrogen-bond acceptors (Lipinski definition) is 3. The molecule has 1 fully saturated rings. The van der Waals surface area contributed by atoms with Crippen LogP contribution in [0.5, 0.6) is 0 Å². The number of halogens is 2. The average molecular weight is 234 g/mol. The Morgan fingerprint density at radius 1 is 1.36 bits per heavy atom. The summed E-state index contributed by atoms with van der Waals surface area (Å²) in [5, 5.41) is 7.28. The van der Waals surface area contributed by atoms with Crippen molar-refractivity contribution in [1.82, 2.24) is 15.6 Å². The zero-order chi connectivity index (χ0) is 9.10. The molecular formula is C9H13Cl2N3. The van der Waals surface area contributed by atoms with Crippen molar-refractivity contribution in [2.45, 2.75) is 6.04 Å². The fraction of sp³-hybridized carbons (Fsp3) is 0.444. The van der Waals surface area contributed by atoms with E-state index in [9.17, 15) is 0 Å².